The van der Waals surface area contributed by atoms with Gasteiger partial charge in [-0.15, -0.1) is 44.7 Å². The van der Waals surface area contributed by atoms with Gasteiger partial charge in [-0.25, -0.2) is 9.78 Å². The van der Waals surface area contributed by atoms with Crippen LogP contribution in [0.15, 0.2) is 26.9 Å². The molecule has 4 rings (SSSR count). The minimum atomic E-state index is -1.24. The first kappa shape index (κ1) is 28.2. The van der Waals surface area contributed by atoms with Crippen molar-refractivity contribution in [3.63, 3.8) is 0 Å². The van der Waals surface area contributed by atoms with E-state index in [4.69, 9.17) is 11.3 Å². The van der Waals surface area contributed by atoms with Crippen LogP contribution < -0.4 is 16.2 Å². The summed E-state index contributed by atoms with van der Waals surface area (Å²) in [6.45, 7) is 3.74. The number of oxime groups is 1. The van der Waals surface area contributed by atoms with E-state index < -0.39 is 29.2 Å². The highest BCUT2D eigenvalue weighted by Crippen LogP contribution is 2.41. The van der Waals surface area contributed by atoms with Gasteiger partial charge in [0.05, 0.1) is 6.54 Å². The number of carbonyl (C=O) groups is 4. The number of nitrogens with zero attached hydrogens (tertiary/aromatic N) is 6. The van der Waals surface area contributed by atoms with E-state index in [-0.39, 0.29) is 34.1 Å². The van der Waals surface area contributed by atoms with Crippen molar-refractivity contribution >= 4 is 76.4 Å². The van der Waals surface area contributed by atoms with Crippen LogP contribution >= 0.6 is 35.0 Å². The average molecular weight is 594 g/mol. The highest BCUT2D eigenvalue weighted by molar-refractivity contribution is 8.00. The number of amides is 3. The summed E-state index contributed by atoms with van der Waals surface area (Å²) < 4.78 is 1.44. The molecule has 1 saturated heterocycles. The largest absolute Gasteiger partial charge is 0.477 e. The molecule has 3 aliphatic rings. The average Bonchev–Trinajstić information content (AvgIpc) is 3.55. The van der Waals surface area contributed by atoms with Crippen LogP contribution in [-0.2, 0) is 24.0 Å². The lowest BCUT2D eigenvalue weighted by Gasteiger charge is -2.49. The van der Waals surface area contributed by atoms with Gasteiger partial charge in [0.15, 0.2) is 10.8 Å². The number of terminal acetylenes is 1. The Balaban J connectivity index is 1.45. The second kappa shape index (κ2) is 12.4. The van der Waals surface area contributed by atoms with Gasteiger partial charge < -0.3 is 20.6 Å². The summed E-state index contributed by atoms with van der Waals surface area (Å²) in [7, 11) is 0. The minimum absolute atomic E-state index is 0.119. The highest BCUT2D eigenvalue weighted by Gasteiger charge is 2.54. The van der Waals surface area contributed by atoms with Crippen LogP contribution in [0.3, 0.4) is 0 Å². The summed E-state index contributed by atoms with van der Waals surface area (Å²) in [6.07, 6.45) is 6.90. The molecule has 2 atom stereocenters. The van der Waals surface area contributed by atoms with Crippen LogP contribution in [0.5, 0.6) is 0 Å². The molecule has 206 valence electrons. The molecule has 1 fully saturated rings. The zero-order valence-corrected chi connectivity index (χ0v) is 23.0. The number of hydrazone groups is 1. The van der Waals surface area contributed by atoms with Crippen molar-refractivity contribution in [3.8, 4) is 12.3 Å². The van der Waals surface area contributed by atoms with Gasteiger partial charge in [0, 0.05) is 16.9 Å². The maximum absolute atomic E-state index is 13.1. The number of anilines is 1. The molecule has 0 aromatic carbocycles. The van der Waals surface area contributed by atoms with Crippen molar-refractivity contribution in [1.82, 2.24) is 30.3 Å². The van der Waals surface area contributed by atoms with Gasteiger partial charge in [-0.05, 0) is 31.4 Å². The topological polar surface area (TPSA) is 181 Å². The smallest absolute Gasteiger partial charge is 0.352 e. The summed E-state index contributed by atoms with van der Waals surface area (Å²) in [5.74, 6) is 0.509. The molecule has 0 aliphatic carbocycles. The zero-order valence-electron chi connectivity index (χ0n) is 20.6. The Morgan fingerprint density at radius 2 is 2.28 bits per heavy atom. The fourth-order valence-corrected chi connectivity index (χ4v) is 6.43. The van der Waals surface area contributed by atoms with Crippen LogP contribution in [0.4, 0.5) is 5.13 Å². The number of carbonyl (C=O) groups excluding carboxylic acids is 3. The van der Waals surface area contributed by atoms with Gasteiger partial charge in [-0.3, -0.25) is 24.3 Å². The summed E-state index contributed by atoms with van der Waals surface area (Å²) in [5.41, 5.74) is 3.28. The van der Waals surface area contributed by atoms with E-state index in [0.29, 0.717) is 24.3 Å². The summed E-state index contributed by atoms with van der Waals surface area (Å²) in [4.78, 5) is 59.7. The van der Waals surface area contributed by atoms with Crippen LogP contribution in [-0.4, -0.2) is 96.3 Å². The molecular formula is C21H23N9O6S3. The molecule has 1 aromatic rings. The van der Waals surface area contributed by atoms with Gasteiger partial charge in [0.1, 0.15) is 35.2 Å². The van der Waals surface area contributed by atoms with Gasteiger partial charge in [0.2, 0.25) is 6.41 Å². The lowest BCUT2D eigenvalue weighted by atomic mass is 10.0. The quantitative estimate of drug-likeness (QED) is 0.0629. The fourth-order valence-electron chi connectivity index (χ4n) is 3.51. The Bertz CT molecular complexity index is 1290. The van der Waals surface area contributed by atoms with Gasteiger partial charge >= 0.3 is 5.97 Å². The molecule has 4 N–H and O–H groups in total. The molecule has 15 nitrogen and oxygen atoms in total. The van der Waals surface area contributed by atoms with E-state index in [9.17, 15) is 24.3 Å². The van der Waals surface area contributed by atoms with Crippen molar-refractivity contribution in [3.05, 3.63) is 22.3 Å². The predicted molar refractivity (Wildman–Crippen MR) is 146 cm³/mol. The molecule has 3 aliphatic heterocycles. The van der Waals surface area contributed by atoms with Crippen LogP contribution in [0, 0.1) is 12.3 Å². The molecule has 0 saturated carbocycles. The van der Waals surface area contributed by atoms with E-state index in [0.717, 1.165) is 11.3 Å². The maximum atomic E-state index is 13.1. The van der Waals surface area contributed by atoms with Crippen molar-refractivity contribution in [2.45, 2.75) is 31.4 Å². The molecule has 18 heteroatoms. The lowest BCUT2D eigenvalue weighted by Crippen LogP contribution is -2.71. The number of thiazole rings is 1. The number of hydrazine groups is 2. The maximum Gasteiger partial charge on any atom is 0.352 e. The Kier molecular flexibility index (Phi) is 8.96. The van der Waals surface area contributed by atoms with Crippen LogP contribution in [0.1, 0.15) is 19.5 Å². The number of hydrogen-bond donors (Lipinski definition) is 4. The fraction of sp³-hybridized carbons (Fsp3) is 0.381. The number of nitrogens with one attached hydrogen (secondary N) is 3. The molecular weight excluding hydrogens is 570 g/mol. The van der Waals surface area contributed by atoms with E-state index in [2.05, 4.69) is 37.3 Å². The van der Waals surface area contributed by atoms with Crippen molar-refractivity contribution in [2.24, 2.45) is 10.3 Å². The summed E-state index contributed by atoms with van der Waals surface area (Å²) in [6, 6.07) is -0.983. The molecule has 0 bridgehead atoms. The SMILES string of the molecule is C#CCN1C=NN(SCC2=C(C(=O)O)N3C(=O)C(NC(=O)/C(=N\OC(C)C)c4csc(NC=O)n4)[C@H]3SC2)N1. The number of rotatable bonds is 12. The first-order valence-electron chi connectivity index (χ1n) is 11.3. The summed E-state index contributed by atoms with van der Waals surface area (Å²) >= 11 is 3.62. The normalized spacial score (nSPS) is 20.5. The number of carboxylic acid groups (broad SMARTS) is 1. The number of aromatic nitrogens is 1. The third-order valence-electron chi connectivity index (χ3n) is 5.17. The van der Waals surface area contributed by atoms with Crippen molar-refractivity contribution < 1.29 is 29.1 Å². The van der Waals surface area contributed by atoms with Gasteiger partial charge in [-0.1, -0.05) is 11.1 Å². The standard InChI is InChI=1S/C21H23N9O6S3/c1-4-5-28-9-23-30(27-28)39-7-12-6-37-19-15(18(33)29(19)16(12)20(34)35)25-17(32)14(26-36-11(2)3)13-8-38-21(24-13)22-10-31/h1,8-11,15,19,27H,5-7H2,2-3H3,(H,25,32)(H,34,35)(H,22,24,31)/b26-14-/t15?,19-/m1/s1. The number of fused-ring (bicyclic) bond motifs is 1. The first-order chi connectivity index (χ1) is 18.7. The third-order valence-corrected chi connectivity index (χ3v) is 8.18. The van der Waals surface area contributed by atoms with E-state index in [1.54, 1.807) is 18.9 Å². The van der Waals surface area contributed by atoms with Crippen molar-refractivity contribution in [2.75, 3.05) is 23.4 Å². The van der Waals surface area contributed by atoms with Gasteiger partial charge in [-0.2, -0.15) is 0 Å². The van der Waals surface area contributed by atoms with E-state index >= 15 is 0 Å². The molecule has 4 heterocycles. The van der Waals surface area contributed by atoms with Crippen molar-refractivity contribution in [1.29, 1.82) is 0 Å². The van der Waals surface area contributed by atoms with Gasteiger partial charge in [0.25, 0.3) is 11.8 Å². The molecule has 3 amide bonds. The zero-order chi connectivity index (χ0) is 28.1. The minimum Gasteiger partial charge on any atom is -0.477 e. The summed E-state index contributed by atoms with van der Waals surface area (Å²) in [5, 5.41) is 25.7. The Morgan fingerprint density at radius 3 is 2.97 bits per heavy atom. The predicted octanol–water partition coefficient (Wildman–Crippen LogP) is -0.159. The second-order valence-corrected chi connectivity index (χ2v) is 11.1. The number of hydrogen-bond acceptors (Lipinski definition) is 14. The highest BCUT2D eigenvalue weighted by atomic mass is 32.2. The molecule has 0 radical (unpaired) electrons. The molecule has 0 spiro atoms. The second-order valence-electron chi connectivity index (χ2n) is 8.22. The molecule has 1 aromatic heterocycles. The molecule has 1 unspecified atom stereocenters. The molecule has 39 heavy (non-hydrogen) atoms. The number of β-lactam (4-membered cyclic amide) rings is 1. The Hall–Kier alpha value is -3.79. The Labute approximate surface area is 235 Å². The number of thioether (sulfide) groups is 1. The number of aliphatic carboxylic acids is 1. The first-order valence-corrected chi connectivity index (χ1v) is 14.1. The van der Waals surface area contributed by atoms with Crippen LogP contribution in [0.2, 0.25) is 0 Å². The number of carboxylic acids is 1. The monoisotopic (exact) mass is 593 g/mol. The Morgan fingerprint density at radius 1 is 1.49 bits per heavy atom. The van der Waals surface area contributed by atoms with Crippen LogP contribution in [0.25, 0.3) is 0 Å². The van der Waals surface area contributed by atoms with E-state index in [1.807, 2.05) is 0 Å². The lowest BCUT2D eigenvalue weighted by molar-refractivity contribution is -0.150. The third kappa shape index (κ3) is 6.27. The van der Waals surface area contributed by atoms with E-state index in [1.165, 1.54) is 44.9 Å².